The normalized spacial score (nSPS) is 23.0. The van der Waals surface area contributed by atoms with Gasteiger partial charge in [0, 0.05) is 16.7 Å². The van der Waals surface area contributed by atoms with Crippen LogP contribution in [-0.4, -0.2) is 15.0 Å². The molecule has 4 fully saturated rings. The third kappa shape index (κ3) is 4.62. The highest BCUT2D eigenvalue weighted by molar-refractivity contribution is 6.04. The van der Waals surface area contributed by atoms with Crippen molar-refractivity contribution in [1.29, 1.82) is 5.26 Å². The zero-order valence-corrected chi connectivity index (χ0v) is 25.7. The summed E-state index contributed by atoms with van der Waals surface area (Å²) in [6, 6.07) is 42.1. The molecule has 4 aliphatic rings. The highest BCUT2D eigenvalue weighted by atomic mass is 15.0. The molecule has 10 rings (SSSR count). The Balaban J connectivity index is 1.16. The quantitative estimate of drug-likeness (QED) is 0.199. The van der Waals surface area contributed by atoms with Crippen LogP contribution in [0.2, 0.25) is 0 Å². The number of benzene rings is 5. The van der Waals surface area contributed by atoms with Crippen LogP contribution in [0.25, 0.3) is 56.1 Å². The van der Waals surface area contributed by atoms with Crippen molar-refractivity contribution in [2.75, 3.05) is 0 Å². The van der Waals surface area contributed by atoms with Crippen LogP contribution in [0.3, 0.4) is 0 Å². The van der Waals surface area contributed by atoms with Crippen LogP contribution in [-0.2, 0) is 5.41 Å². The Labute approximate surface area is 269 Å². The van der Waals surface area contributed by atoms with E-state index in [1.165, 1.54) is 44.1 Å². The Morgan fingerprint density at radius 3 is 1.72 bits per heavy atom. The first-order chi connectivity index (χ1) is 22.6. The second-order valence-corrected chi connectivity index (χ2v) is 13.8. The molecule has 1 aromatic heterocycles. The van der Waals surface area contributed by atoms with Gasteiger partial charge in [-0.05, 0) is 107 Å². The smallest absolute Gasteiger partial charge is 0.164 e. The van der Waals surface area contributed by atoms with Gasteiger partial charge >= 0.3 is 0 Å². The van der Waals surface area contributed by atoms with Gasteiger partial charge in [0.25, 0.3) is 0 Å². The lowest BCUT2D eigenvalue weighted by atomic mass is 9.48. The fourth-order valence-electron chi connectivity index (χ4n) is 9.28. The van der Waals surface area contributed by atoms with E-state index in [9.17, 15) is 5.26 Å². The molecule has 0 radical (unpaired) electrons. The molecule has 4 aliphatic carbocycles. The SMILES string of the molecule is N#Cc1cccc(-c2ccc(-c3nc(-c4ccccc4)nc(-c4ccc(C56C[C@H]7C[C@H](C5)C[C@@H](C6)C7)cc4)n3)c3ccccc23)c1. The molecule has 0 spiro atoms. The minimum Gasteiger partial charge on any atom is -0.208 e. The summed E-state index contributed by atoms with van der Waals surface area (Å²) in [6.07, 6.45) is 8.43. The van der Waals surface area contributed by atoms with E-state index in [2.05, 4.69) is 84.9 Å². The fourth-order valence-corrected chi connectivity index (χ4v) is 9.28. The molecule has 4 nitrogen and oxygen atoms in total. The predicted molar refractivity (Wildman–Crippen MR) is 184 cm³/mol. The molecule has 6 aromatic rings. The molecule has 4 heteroatoms. The van der Waals surface area contributed by atoms with E-state index in [0.29, 0.717) is 28.5 Å². The zero-order chi connectivity index (χ0) is 30.7. The fraction of sp³-hybridized carbons (Fsp3) is 0.238. The number of hydrogen-bond donors (Lipinski definition) is 0. The van der Waals surface area contributed by atoms with Gasteiger partial charge < -0.3 is 0 Å². The first-order valence-electron chi connectivity index (χ1n) is 16.6. The molecule has 0 N–H and O–H groups in total. The Hall–Kier alpha value is -5.14. The van der Waals surface area contributed by atoms with Crippen molar-refractivity contribution in [1.82, 2.24) is 15.0 Å². The second-order valence-electron chi connectivity index (χ2n) is 13.8. The number of nitrogens with zero attached hydrogens (tertiary/aromatic N) is 4. The van der Waals surface area contributed by atoms with Crippen molar-refractivity contribution in [2.45, 2.75) is 43.9 Å². The highest BCUT2D eigenvalue weighted by Crippen LogP contribution is 2.60. The van der Waals surface area contributed by atoms with Crippen LogP contribution in [0.4, 0.5) is 0 Å². The summed E-state index contributed by atoms with van der Waals surface area (Å²) in [4.78, 5) is 15.2. The number of rotatable bonds is 5. The minimum atomic E-state index is 0.361. The molecule has 0 aliphatic heterocycles. The Bertz CT molecular complexity index is 2110. The maximum Gasteiger partial charge on any atom is 0.164 e. The molecular formula is C42H34N4. The number of aromatic nitrogens is 3. The third-order valence-electron chi connectivity index (χ3n) is 10.9. The molecule has 46 heavy (non-hydrogen) atoms. The van der Waals surface area contributed by atoms with E-state index in [-0.39, 0.29) is 0 Å². The summed E-state index contributed by atoms with van der Waals surface area (Å²) in [5, 5.41) is 11.7. The van der Waals surface area contributed by atoms with Crippen LogP contribution in [0.15, 0.2) is 115 Å². The Morgan fingerprint density at radius 1 is 0.522 bits per heavy atom. The summed E-state index contributed by atoms with van der Waals surface area (Å²) in [7, 11) is 0. The molecule has 0 atom stereocenters. The first kappa shape index (κ1) is 27.2. The molecule has 0 amide bonds. The van der Waals surface area contributed by atoms with Crippen molar-refractivity contribution in [2.24, 2.45) is 17.8 Å². The van der Waals surface area contributed by atoms with E-state index in [1.54, 1.807) is 0 Å². The predicted octanol–water partition coefficient (Wildman–Crippen LogP) is 10.0. The number of fused-ring (bicyclic) bond motifs is 1. The summed E-state index contributed by atoms with van der Waals surface area (Å²) < 4.78 is 0. The largest absolute Gasteiger partial charge is 0.208 e. The molecule has 0 unspecified atom stereocenters. The molecule has 4 bridgehead atoms. The lowest BCUT2D eigenvalue weighted by molar-refractivity contribution is -0.00518. The average Bonchev–Trinajstić information content (AvgIpc) is 3.11. The van der Waals surface area contributed by atoms with Crippen LogP contribution in [0, 0.1) is 29.1 Å². The van der Waals surface area contributed by atoms with Crippen LogP contribution < -0.4 is 0 Å². The molecule has 222 valence electrons. The monoisotopic (exact) mass is 594 g/mol. The van der Waals surface area contributed by atoms with Gasteiger partial charge in [0.15, 0.2) is 17.5 Å². The third-order valence-corrected chi connectivity index (χ3v) is 10.9. The first-order valence-corrected chi connectivity index (χ1v) is 16.6. The lowest BCUT2D eigenvalue weighted by Crippen LogP contribution is -2.48. The van der Waals surface area contributed by atoms with Crippen molar-refractivity contribution < 1.29 is 0 Å². The van der Waals surface area contributed by atoms with Crippen LogP contribution >= 0.6 is 0 Å². The molecule has 1 heterocycles. The average molecular weight is 595 g/mol. The van der Waals surface area contributed by atoms with Gasteiger partial charge in [-0.1, -0.05) is 97.1 Å². The molecule has 4 saturated carbocycles. The standard InChI is InChI=1S/C42H34N4/c43-26-27-7-6-10-33(22-27)35-17-18-38(37-12-5-4-11-36(35)37)41-45-39(31-8-2-1-3-9-31)44-40(46-41)32-13-15-34(16-14-32)42-23-28-19-29(24-42)21-30(20-28)25-42/h1-18,22,28-30H,19-21,23-25H2/t28-,29-,30-,42?. The van der Waals surface area contributed by atoms with Gasteiger partial charge in [-0.2, -0.15) is 5.26 Å². The van der Waals surface area contributed by atoms with Crippen molar-refractivity contribution in [3.63, 3.8) is 0 Å². The minimum absolute atomic E-state index is 0.361. The summed E-state index contributed by atoms with van der Waals surface area (Å²) in [5.74, 6) is 4.77. The lowest BCUT2D eigenvalue weighted by Gasteiger charge is -2.57. The van der Waals surface area contributed by atoms with E-state index in [0.717, 1.165) is 56.3 Å². The summed E-state index contributed by atoms with van der Waals surface area (Å²) in [5.41, 5.74) is 7.55. The number of hydrogen-bond acceptors (Lipinski definition) is 4. The highest BCUT2D eigenvalue weighted by Gasteiger charge is 2.51. The van der Waals surface area contributed by atoms with Crippen molar-refractivity contribution in [3.8, 4) is 51.4 Å². The van der Waals surface area contributed by atoms with Gasteiger partial charge in [-0.3, -0.25) is 0 Å². The van der Waals surface area contributed by atoms with Crippen LogP contribution in [0.1, 0.15) is 49.7 Å². The van der Waals surface area contributed by atoms with Gasteiger partial charge in [0.05, 0.1) is 11.6 Å². The van der Waals surface area contributed by atoms with Gasteiger partial charge in [0.2, 0.25) is 0 Å². The van der Waals surface area contributed by atoms with E-state index < -0.39 is 0 Å². The van der Waals surface area contributed by atoms with Crippen molar-refractivity contribution in [3.05, 3.63) is 126 Å². The van der Waals surface area contributed by atoms with E-state index in [4.69, 9.17) is 15.0 Å². The zero-order valence-electron chi connectivity index (χ0n) is 25.7. The second kappa shape index (κ2) is 10.7. The summed E-state index contributed by atoms with van der Waals surface area (Å²) >= 11 is 0. The van der Waals surface area contributed by atoms with Crippen molar-refractivity contribution >= 4 is 10.8 Å². The summed E-state index contributed by atoms with van der Waals surface area (Å²) in [6.45, 7) is 0. The van der Waals surface area contributed by atoms with Gasteiger partial charge in [-0.15, -0.1) is 0 Å². The van der Waals surface area contributed by atoms with E-state index >= 15 is 0 Å². The van der Waals surface area contributed by atoms with E-state index in [1.807, 2.05) is 36.4 Å². The van der Waals surface area contributed by atoms with Gasteiger partial charge in [-0.25, -0.2) is 15.0 Å². The van der Waals surface area contributed by atoms with Crippen LogP contribution in [0.5, 0.6) is 0 Å². The topological polar surface area (TPSA) is 62.5 Å². The maximum absolute atomic E-state index is 9.51. The molecule has 5 aromatic carbocycles. The molecule has 0 saturated heterocycles. The van der Waals surface area contributed by atoms with Gasteiger partial charge in [0.1, 0.15) is 0 Å². The molecular weight excluding hydrogens is 560 g/mol. The number of nitriles is 1. The Morgan fingerprint density at radius 2 is 1.07 bits per heavy atom. The maximum atomic E-state index is 9.51. The Kier molecular flexibility index (Phi) is 6.35.